The van der Waals surface area contributed by atoms with E-state index in [2.05, 4.69) is 5.32 Å². The van der Waals surface area contributed by atoms with Gasteiger partial charge < -0.3 is 15.2 Å². The molecule has 0 aliphatic rings. The van der Waals surface area contributed by atoms with Crippen LogP contribution < -0.4 is 10.1 Å². The van der Waals surface area contributed by atoms with Crippen LogP contribution in [0.4, 0.5) is 11.4 Å². The maximum atomic E-state index is 10.8. The van der Waals surface area contributed by atoms with E-state index in [1.807, 2.05) is 13.8 Å². The number of anilines is 1. The van der Waals surface area contributed by atoms with Crippen LogP contribution in [0.5, 0.6) is 5.75 Å². The van der Waals surface area contributed by atoms with E-state index < -0.39 is 4.92 Å². The first-order valence-electron chi connectivity index (χ1n) is 6.07. The van der Waals surface area contributed by atoms with E-state index in [0.717, 1.165) is 5.69 Å². The molecule has 0 aromatic heterocycles. The number of methoxy groups -OCH3 is 1. The van der Waals surface area contributed by atoms with Crippen molar-refractivity contribution in [2.75, 3.05) is 25.6 Å². The van der Waals surface area contributed by atoms with Crippen molar-refractivity contribution < 1.29 is 14.8 Å². The molecule has 0 heterocycles. The monoisotopic (exact) mass is 268 g/mol. The second-order valence-electron chi connectivity index (χ2n) is 5.14. The van der Waals surface area contributed by atoms with E-state index in [1.54, 1.807) is 12.1 Å². The second kappa shape index (κ2) is 6.38. The first-order chi connectivity index (χ1) is 8.89. The fourth-order valence-electron chi connectivity index (χ4n) is 1.67. The van der Waals surface area contributed by atoms with Gasteiger partial charge in [-0.2, -0.15) is 0 Å². The van der Waals surface area contributed by atoms with Gasteiger partial charge in [0, 0.05) is 31.0 Å². The van der Waals surface area contributed by atoms with Crippen molar-refractivity contribution >= 4 is 11.4 Å². The smallest absolute Gasteiger partial charge is 0.311 e. The Morgan fingerprint density at radius 2 is 2.16 bits per heavy atom. The van der Waals surface area contributed by atoms with Crippen molar-refractivity contribution in [1.29, 1.82) is 0 Å². The summed E-state index contributed by atoms with van der Waals surface area (Å²) in [5.41, 5.74) is 0.653. The predicted molar refractivity (Wildman–Crippen MR) is 73.6 cm³/mol. The minimum Gasteiger partial charge on any atom is -0.490 e. The molecule has 0 amide bonds. The Morgan fingerprint density at radius 1 is 1.47 bits per heavy atom. The second-order valence-corrected chi connectivity index (χ2v) is 5.14. The summed E-state index contributed by atoms with van der Waals surface area (Å²) in [4.78, 5) is 10.3. The van der Waals surface area contributed by atoms with Gasteiger partial charge in [-0.25, -0.2) is 0 Å². The highest BCUT2D eigenvalue weighted by Gasteiger charge is 2.18. The van der Waals surface area contributed by atoms with Gasteiger partial charge in [0.25, 0.3) is 0 Å². The van der Waals surface area contributed by atoms with Gasteiger partial charge in [0.15, 0.2) is 5.75 Å². The van der Waals surface area contributed by atoms with Crippen molar-refractivity contribution in [2.45, 2.75) is 20.3 Å². The third-order valence-electron chi connectivity index (χ3n) is 2.94. The summed E-state index contributed by atoms with van der Waals surface area (Å²) in [7, 11) is 1.40. The largest absolute Gasteiger partial charge is 0.490 e. The third-order valence-corrected chi connectivity index (χ3v) is 2.94. The molecule has 106 valence electrons. The molecule has 0 spiro atoms. The highest BCUT2D eigenvalue weighted by atomic mass is 16.6. The molecule has 1 rings (SSSR count). The lowest BCUT2D eigenvalue weighted by atomic mass is 9.89. The van der Waals surface area contributed by atoms with E-state index in [4.69, 9.17) is 9.84 Å². The Morgan fingerprint density at radius 3 is 2.68 bits per heavy atom. The van der Waals surface area contributed by atoms with E-state index in [0.29, 0.717) is 13.0 Å². The fraction of sp³-hybridized carbons (Fsp3) is 0.538. The number of nitrogens with zero attached hydrogens (tertiary/aromatic N) is 1. The molecule has 0 fully saturated rings. The predicted octanol–water partition coefficient (Wildman–Crippen LogP) is 2.42. The molecule has 0 aliphatic carbocycles. The quantitative estimate of drug-likeness (QED) is 0.586. The van der Waals surface area contributed by atoms with Crippen LogP contribution >= 0.6 is 0 Å². The zero-order valence-corrected chi connectivity index (χ0v) is 11.5. The number of benzene rings is 1. The molecule has 19 heavy (non-hydrogen) atoms. The van der Waals surface area contributed by atoms with Gasteiger partial charge in [-0.3, -0.25) is 10.1 Å². The number of hydrogen-bond donors (Lipinski definition) is 2. The Labute approximate surface area is 112 Å². The van der Waals surface area contributed by atoms with Crippen molar-refractivity contribution in [2.24, 2.45) is 5.41 Å². The summed E-state index contributed by atoms with van der Waals surface area (Å²) in [5, 5.41) is 22.9. The molecule has 0 aliphatic heterocycles. The van der Waals surface area contributed by atoms with Gasteiger partial charge in [-0.15, -0.1) is 0 Å². The summed E-state index contributed by atoms with van der Waals surface area (Å²) in [5.74, 6) is 0.231. The SMILES string of the molecule is COc1cc(NCC(C)(C)CCO)ccc1[N+](=O)[O-]. The Bertz CT molecular complexity index is 446. The molecule has 0 radical (unpaired) electrons. The van der Waals surface area contributed by atoms with Gasteiger partial charge >= 0.3 is 5.69 Å². The third kappa shape index (κ3) is 4.40. The van der Waals surface area contributed by atoms with E-state index in [9.17, 15) is 10.1 Å². The number of ether oxygens (including phenoxy) is 1. The van der Waals surface area contributed by atoms with Crippen LogP contribution in [0.1, 0.15) is 20.3 Å². The van der Waals surface area contributed by atoms with Crippen LogP contribution in [0.2, 0.25) is 0 Å². The van der Waals surface area contributed by atoms with Gasteiger partial charge in [0.05, 0.1) is 12.0 Å². The lowest BCUT2D eigenvalue weighted by Crippen LogP contribution is -2.24. The number of aliphatic hydroxyl groups is 1. The molecular weight excluding hydrogens is 248 g/mol. The molecular formula is C13H20N2O4. The first kappa shape index (κ1) is 15.2. The number of rotatable bonds is 7. The van der Waals surface area contributed by atoms with Crippen LogP contribution in [0.25, 0.3) is 0 Å². The molecule has 1 aromatic carbocycles. The molecule has 6 heteroatoms. The summed E-state index contributed by atoms with van der Waals surface area (Å²) < 4.78 is 5.01. The number of hydrogen-bond acceptors (Lipinski definition) is 5. The number of nitro benzene ring substituents is 1. The Balaban J connectivity index is 2.78. The molecule has 1 aromatic rings. The van der Waals surface area contributed by atoms with Crippen molar-refractivity contribution in [3.63, 3.8) is 0 Å². The molecule has 0 saturated carbocycles. The minimum absolute atomic E-state index is 0.0518. The molecule has 0 saturated heterocycles. The highest BCUT2D eigenvalue weighted by Crippen LogP contribution is 2.30. The van der Waals surface area contributed by atoms with E-state index >= 15 is 0 Å². The summed E-state index contributed by atoms with van der Waals surface area (Å²) in [6, 6.07) is 4.67. The Hall–Kier alpha value is -1.82. The number of aliphatic hydroxyl groups excluding tert-OH is 1. The number of nitrogens with one attached hydrogen (secondary N) is 1. The highest BCUT2D eigenvalue weighted by molar-refractivity contribution is 5.58. The minimum atomic E-state index is -0.474. The summed E-state index contributed by atoms with van der Waals surface area (Å²) in [6.45, 7) is 4.88. The lowest BCUT2D eigenvalue weighted by Gasteiger charge is -2.24. The lowest BCUT2D eigenvalue weighted by molar-refractivity contribution is -0.385. The van der Waals surface area contributed by atoms with E-state index in [-0.39, 0.29) is 23.5 Å². The van der Waals surface area contributed by atoms with Crippen LogP contribution in [0.15, 0.2) is 18.2 Å². The van der Waals surface area contributed by atoms with Crippen molar-refractivity contribution in [1.82, 2.24) is 0 Å². The zero-order chi connectivity index (χ0) is 14.5. The van der Waals surface area contributed by atoms with Gasteiger partial charge in [0.2, 0.25) is 0 Å². The van der Waals surface area contributed by atoms with Crippen LogP contribution in [0, 0.1) is 15.5 Å². The Kier molecular flexibility index (Phi) is 5.11. The first-order valence-corrected chi connectivity index (χ1v) is 6.07. The number of nitro groups is 1. The standard InChI is InChI=1S/C13H20N2O4/c1-13(2,6-7-16)9-14-10-4-5-11(15(17)18)12(8-10)19-3/h4-5,8,14,16H,6-7,9H2,1-3H3. The fourth-order valence-corrected chi connectivity index (χ4v) is 1.67. The van der Waals surface area contributed by atoms with Gasteiger partial charge in [-0.05, 0) is 17.9 Å². The normalized spacial score (nSPS) is 11.2. The van der Waals surface area contributed by atoms with Crippen LogP contribution in [0.3, 0.4) is 0 Å². The average molecular weight is 268 g/mol. The summed E-state index contributed by atoms with van der Waals surface area (Å²) in [6.07, 6.45) is 0.685. The van der Waals surface area contributed by atoms with E-state index in [1.165, 1.54) is 13.2 Å². The van der Waals surface area contributed by atoms with Crippen molar-refractivity contribution in [3.05, 3.63) is 28.3 Å². The molecule has 6 nitrogen and oxygen atoms in total. The van der Waals surface area contributed by atoms with Gasteiger partial charge in [-0.1, -0.05) is 13.8 Å². The topological polar surface area (TPSA) is 84.6 Å². The van der Waals surface area contributed by atoms with Crippen LogP contribution in [-0.2, 0) is 0 Å². The summed E-state index contributed by atoms with van der Waals surface area (Å²) >= 11 is 0. The van der Waals surface area contributed by atoms with Gasteiger partial charge in [0.1, 0.15) is 0 Å². The molecule has 0 atom stereocenters. The molecule has 0 unspecified atom stereocenters. The molecule has 2 N–H and O–H groups in total. The molecule has 0 bridgehead atoms. The van der Waals surface area contributed by atoms with Crippen molar-refractivity contribution in [3.8, 4) is 5.75 Å². The zero-order valence-electron chi connectivity index (χ0n) is 11.5. The maximum Gasteiger partial charge on any atom is 0.311 e. The maximum absolute atomic E-state index is 10.8. The average Bonchev–Trinajstić information content (AvgIpc) is 2.35. The van der Waals surface area contributed by atoms with Crippen LogP contribution in [-0.4, -0.2) is 30.3 Å².